The number of nitrogens with zero attached hydrogens (tertiary/aromatic N) is 3. The van der Waals surface area contributed by atoms with Crippen molar-refractivity contribution < 1.29 is 4.79 Å². The zero-order valence-electron chi connectivity index (χ0n) is 24.8. The van der Waals surface area contributed by atoms with E-state index in [1.54, 1.807) is 4.90 Å². The largest absolute Gasteiger partial charge is 0.318 e. The van der Waals surface area contributed by atoms with Crippen LogP contribution in [0.2, 0.25) is 0 Å². The first-order chi connectivity index (χ1) is 19.9. The van der Waals surface area contributed by atoms with Crippen molar-refractivity contribution in [2.24, 2.45) is 4.99 Å². The Morgan fingerprint density at radius 1 is 0.780 bits per heavy atom. The van der Waals surface area contributed by atoms with Gasteiger partial charge in [-0.3, -0.25) is 9.69 Å². The van der Waals surface area contributed by atoms with Crippen LogP contribution in [0.15, 0.2) is 88.8 Å². The third kappa shape index (κ3) is 6.25. The highest BCUT2D eigenvalue weighted by atomic mass is 32.2. The first-order valence-electron chi connectivity index (χ1n) is 14.7. The minimum absolute atomic E-state index is 0.0479. The normalized spacial score (nSPS) is 15.4. The number of unbranched alkanes of at least 4 members (excludes halogenated alkanes) is 1. The van der Waals surface area contributed by atoms with Gasteiger partial charge < -0.3 is 4.57 Å². The van der Waals surface area contributed by atoms with Crippen LogP contribution in [0.3, 0.4) is 0 Å². The van der Waals surface area contributed by atoms with Crippen LogP contribution >= 0.6 is 11.8 Å². The summed E-state index contributed by atoms with van der Waals surface area (Å²) in [4.78, 5) is 21.3. The maximum absolute atomic E-state index is 13.9. The molecule has 1 aliphatic heterocycles. The smallest absolute Gasteiger partial charge is 0.271 e. The number of amidine groups is 1. The highest BCUT2D eigenvalue weighted by Gasteiger charge is 2.35. The molecule has 4 aromatic rings. The lowest BCUT2D eigenvalue weighted by Crippen LogP contribution is -2.28. The van der Waals surface area contributed by atoms with Gasteiger partial charge in [-0.2, -0.15) is 0 Å². The molecule has 1 saturated heterocycles. The number of carbonyl (C=O) groups is 1. The topological polar surface area (TPSA) is 37.6 Å². The van der Waals surface area contributed by atoms with Crippen molar-refractivity contribution in [3.63, 3.8) is 0 Å². The van der Waals surface area contributed by atoms with Crippen LogP contribution in [-0.4, -0.2) is 15.6 Å². The Morgan fingerprint density at radius 3 is 1.98 bits per heavy atom. The first-order valence-corrected chi connectivity index (χ1v) is 15.5. The lowest BCUT2D eigenvalue weighted by molar-refractivity contribution is -0.113. The Morgan fingerprint density at radius 2 is 1.37 bits per heavy atom. The lowest BCUT2D eigenvalue weighted by Gasteiger charge is -2.16. The van der Waals surface area contributed by atoms with Crippen molar-refractivity contribution in [2.75, 3.05) is 4.90 Å². The number of aliphatic imine (C=N–C) groups is 1. The molecule has 1 fully saturated rings. The van der Waals surface area contributed by atoms with E-state index in [4.69, 9.17) is 4.99 Å². The highest BCUT2D eigenvalue weighted by Crippen LogP contribution is 2.38. The summed E-state index contributed by atoms with van der Waals surface area (Å²) in [7, 11) is 0. The maximum atomic E-state index is 13.9. The van der Waals surface area contributed by atoms with E-state index in [1.165, 1.54) is 41.3 Å². The second-order valence-electron chi connectivity index (χ2n) is 10.6. The number of hydrogen-bond donors (Lipinski definition) is 0. The van der Waals surface area contributed by atoms with Crippen LogP contribution in [-0.2, 0) is 24.1 Å². The summed E-state index contributed by atoms with van der Waals surface area (Å²) in [6, 6.07) is 27.5. The zero-order valence-corrected chi connectivity index (χ0v) is 25.6. The van der Waals surface area contributed by atoms with Crippen LogP contribution < -0.4 is 4.90 Å². The van der Waals surface area contributed by atoms with Crippen molar-refractivity contribution in [1.82, 2.24) is 4.57 Å². The van der Waals surface area contributed by atoms with E-state index in [2.05, 4.69) is 93.8 Å². The fourth-order valence-corrected chi connectivity index (χ4v) is 6.23. The van der Waals surface area contributed by atoms with E-state index in [0.717, 1.165) is 53.3 Å². The fraction of sp³-hybridized carbons (Fsp3) is 0.278. The molecule has 0 radical (unpaired) electrons. The summed E-state index contributed by atoms with van der Waals surface area (Å²) in [5.74, 6) is -0.0479. The molecule has 0 atom stereocenters. The van der Waals surface area contributed by atoms with Crippen molar-refractivity contribution in [3.05, 3.63) is 117 Å². The Hall–Kier alpha value is -3.83. The van der Waals surface area contributed by atoms with Gasteiger partial charge >= 0.3 is 0 Å². The van der Waals surface area contributed by atoms with E-state index < -0.39 is 0 Å². The molecule has 0 unspecified atom stereocenters. The number of rotatable bonds is 9. The van der Waals surface area contributed by atoms with Crippen molar-refractivity contribution in [2.45, 2.75) is 66.7 Å². The molecule has 0 aliphatic carbocycles. The fourth-order valence-electron chi connectivity index (χ4n) is 5.24. The number of aryl methyl sites for hydroxylation is 4. The van der Waals surface area contributed by atoms with Gasteiger partial charge in [0.1, 0.15) is 0 Å². The van der Waals surface area contributed by atoms with Gasteiger partial charge in [0, 0.05) is 17.1 Å². The molecule has 5 heteroatoms. The van der Waals surface area contributed by atoms with E-state index >= 15 is 0 Å². The molecular weight excluding hydrogens is 522 g/mol. The van der Waals surface area contributed by atoms with Crippen LogP contribution in [0.5, 0.6) is 0 Å². The third-order valence-corrected chi connectivity index (χ3v) is 8.72. The van der Waals surface area contributed by atoms with Gasteiger partial charge in [-0.05, 0) is 122 Å². The van der Waals surface area contributed by atoms with Gasteiger partial charge in [-0.15, -0.1) is 0 Å². The van der Waals surface area contributed by atoms with E-state index in [-0.39, 0.29) is 5.91 Å². The highest BCUT2D eigenvalue weighted by molar-refractivity contribution is 8.19. The lowest BCUT2D eigenvalue weighted by atomic mass is 10.1. The van der Waals surface area contributed by atoms with Gasteiger partial charge in [0.2, 0.25) is 0 Å². The van der Waals surface area contributed by atoms with E-state index in [0.29, 0.717) is 10.1 Å². The van der Waals surface area contributed by atoms with Gasteiger partial charge in [0.25, 0.3) is 5.91 Å². The van der Waals surface area contributed by atoms with Gasteiger partial charge in [-0.25, -0.2) is 4.99 Å². The summed E-state index contributed by atoms with van der Waals surface area (Å²) in [6.07, 6.45) is 7.48. The molecule has 4 nitrogen and oxygen atoms in total. The maximum Gasteiger partial charge on any atom is 0.271 e. The minimum atomic E-state index is -0.0479. The molecule has 5 rings (SSSR count). The number of benzene rings is 3. The SMILES string of the molecule is CCCCc1ccc(-n2c(C)cc(/C=C3\SC(=Nc4ccc(CC)cc4)N(c4ccc(CC)cc4)C3=O)c2C)cc1. The minimum Gasteiger partial charge on any atom is -0.318 e. The third-order valence-electron chi connectivity index (χ3n) is 7.75. The molecule has 1 amide bonds. The van der Waals surface area contributed by atoms with Crippen LogP contribution in [0.1, 0.15) is 67.3 Å². The zero-order chi connectivity index (χ0) is 28.9. The molecule has 41 heavy (non-hydrogen) atoms. The van der Waals surface area contributed by atoms with Gasteiger partial charge in [-0.1, -0.05) is 63.6 Å². The summed E-state index contributed by atoms with van der Waals surface area (Å²) < 4.78 is 2.27. The van der Waals surface area contributed by atoms with Gasteiger partial charge in [0.05, 0.1) is 16.3 Å². The van der Waals surface area contributed by atoms with Gasteiger partial charge in [0.15, 0.2) is 5.17 Å². The van der Waals surface area contributed by atoms with Crippen molar-refractivity contribution in [1.29, 1.82) is 0 Å². The number of aromatic nitrogens is 1. The van der Waals surface area contributed by atoms with Crippen LogP contribution in [0.25, 0.3) is 11.8 Å². The number of carbonyl (C=O) groups excluding carboxylic acids is 1. The molecule has 2 heterocycles. The summed E-state index contributed by atoms with van der Waals surface area (Å²) in [5, 5.41) is 0.672. The number of hydrogen-bond acceptors (Lipinski definition) is 3. The first kappa shape index (κ1) is 28.7. The van der Waals surface area contributed by atoms with E-state index in [9.17, 15) is 4.79 Å². The second-order valence-corrected chi connectivity index (χ2v) is 11.6. The standard InChI is InChI=1S/C36H39N3OS/c1-6-9-10-29-15-21-32(22-16-29)38-25(4)23-30(26(38)5)24-34-35(40)39(33-19-13-28(8-3)14-20-33)36(41-34)37-31-17-11-27(7-2)12-18-31/h11-24H,6-10H2,1-5H3/b34-24-,37-36?. The predicted molar refractivity (Wildman–Crippen MR) is 176 cm³/mol. The Balaban J connectivity index is 1.50. The molecule has 1 aromatic heterocycles. The second kappa shape index (κ2) is 12.8. The quantitative estimate of drug-likeness (QED) is 0.191. The molecule has 1 aliphatic rings. The Kier molecular flexibility index (Phi) is 8.94. The van der Waals surface area contributed by atoms with Crippen molar-refractivity contribution in [3.8, 4) is 5.69 Å². The van der Waals surface area contributed by atoms with E-state index in [1.807, 2.05) is 30.3 Å². The predicted octanol–water partition coefficient (Wildman–Crippen LogP) is 9.37. The molecule has 3 aromatic carbocycles. The molecule has 210 valence electrons. The van der Waals surface area contributed by atoms with Crippen LogP contribution in [0, 0.1) is 13.8 Å². The molecule has 0 bridgehead atoms. The Bertz CT molecular complexity index is 1580. The molecule has 0 spiro atoms. The average molecular weight is 562 g/mol. The monoisotopic (exact) mass is 561 g/mol. The van der Waals surface area contributed by atoms with Crippen molar-refractivity contribution >= 4 is 40.3 Å². The Labute approximate surface area is 248 Å². The number of anilines is 1. The molecular formula is C36H39N3OS. The molecule has 0 saturated carbocycles. The summed E-state index contributed by atoms with van der Waals surface area (Å²) in [6.45, 7) is 10.8. The summed E-state index contributed by atoms with van der Waals surface area (Å²) in [5.41, 5.74) is 10.00. The summed E-state index contributed by atoms with van der Waals surface area (Å²) >= 11 is 1.44. The number of thioether (sulfide) groups is 1. The molecule has 0 N–H and O–H groups in total. The number of amides is 1. The average Bonchev–Trinajstić information content (AvgIpc) is 3.45. The van der Waals surface area contributed by atoms with Crippen LogP contribution in [0.4, 0.5) is 11.4 Å².